The zero-order valence-electron chi connectivity index (χ0n) is 12.2. The van der Waals surface area contributed by atoms with Gasteiger partial charge < -0.3 is 10.4 Å². The monoisotopic (exact) mass is 301 g/mol. The predicted molar refractivity (Wildman–Crippen MR) is 79.5 cm³/mol. The first kappa shape index (κ1) is 14.6. The summed E-state index contributed by atoms with van der Waals surface area (Å²) >= 11 is 0. The second kappa shape index (κ2) is 6.65. The molecule has 22 heavy (non-hydrogen) atoms. The Balaban J connectivity index is 1.73. The fourth-order valence-electron chi connectivity index (χ4n) is 2.94. The van der Waals surface area contributed by atoms with Crippen LogP contribution in [0.1, 0.15) is 36.0 Å². The van der Waals surface area contributed by atoms with Crippen molar-refractivity contribution in [3.63, 3.8) is 0 Å². The van der Waals surface area contributed by atoms with Gasteiger partial charge in [0.25, 0.3) is 5.91 Å². The van der Waals surface area contributed by atoms with Gasteiger partial charge in [-0.3, -0.25) is 4.79 Å². The van der Waals surface area contributed by atoms with Crippen LogP contribution in [-0.2, 0) is 0 Å². The second-order valence-corrected chi connectivity index (χ2v) is 5.61. The van der Waals surface area contributed by atoms with Gasteiger partial charge in [0, 0.05) is 24.1 Å². The van der Waals surface area contributed by atoms with Crippen LogP contribution >= 0.6 is 0 Å². The Morgan fingerprint density at radius 2 is 2.23 bits per heavy atom. The minimum absolute atomic E-state index is 0.0444. The maximum atomic E-state index is 12.4. The number of hydrogen-bond donors (Lipinski definition) is 2. The van der Waals surface area contributed by atoms with Crippen molar-refractivity contribution in [3.05, 3.63) is 36.2 Å². The lowest BCUT2D eigenvalue weighted by Gasteiger charge is -2.30. The molecule has 1 heterocycles. The molecular formula is C15H19N5O2. The number of rotatable bonds is 4. The van der Waals surface area contributed by atoms with E-state index in [4.69, 9.17) is 0 Å². The molecule has 1 aliphatic rings. The molecule has 116 valence electrons. The topological polar surface area (TPSA) is 92.9 Å². The van der Waals surface area contributed by atoms with E-state index in [1.54, 1.807) is 18.2 Å². The highest BCUT2D eigenvalue weighted by Crippen LogP contribution is 2.24. The maximum absolute atomic E-state index is 12.4. The fourth-order valence-corrected chi connectivity index (χ4v) is 2.94. The highest BCUT2D eigenvalue weighted by molar-refractivity contribution is 5.94. The van der Waals surface area contributed by atoms with Gasteiger partial charge in [-0.2, -0.15) is 0 Å². The van der Waals surface area contributed by atoms with Crippen LogP contribution in [0.15, 0.2) is 30.6 Å². The molecule has 2 unspecified atom stereocenters. The lowest BCUT2D eigenvalue weighted by Crippen LogP contribution is -2.43. The highest BCUT2D eigenvalue weighted by Gasteiger charge is 2.26. The van der Waals surface area contributed by atoms with E-state index < -0.39 is 0 Å². The van der Waals surface area contributed by atoms with Crippen LogP contribution in [0.25, 0.3) is 5.69 Å². The molecule has 1 amide bonds. The molecule has 0 radical (unpaired) electrons. The summed E-state index contributed by atoms with van der Waals surface area (Å²) in [7, 11) is 0. The molecule has 3 rings (SSSR count). The first-order valence-electron chi connectivity index (χ1n) is 7.53. The third-order valence-corrected chi connectivity index (χ3v) is 4.18. The minimum atomic E-state index is -0.125. The van der Waals surface area contributed by atoms with Crippen LogP contribution in [0, 0.1) is 5.92 Å². The Bertz CT molecular complexity index is 629. The summed E-state index contributed by atoms with van der Waals surface area (Å²) in [6, 6.07) is 7.20. The number of benzene rings is 1. The van der Waals surface area contributed by atoms with E-state index >= 15 is 0 Å². The summed E-state index contributed by atoms with van der Waals surface area (Å²) in [6.07, 6.45) is 5.58. The number of aromatic nitrogens is 4. The van der Waals surface area contributed by atoms with E-state index in [0.29, 0.717) is 5.56 Å². The number of amides is 1. The van der Waals surface area contributed by atoms with E-state index in [2.05, 4.69) is 20.8 Å². The van der Waals surface area contributed by atoms with Crippen molar-refractivity contribution in [2.45, 2.75) is 31.7 Å². The SMILES string of the molecule is O=C(NC1CCCCC1CO)c1cccc(-n2cnnn2)c1. The van der Waals surface area contributed by atoms with Crippen molar-refractivity contribution >= 4 is 5.91 Å². The van der Waals surface area contributed by atoms with Gasteiger partial charge in [0.15, 0.2) is 0 Å². The summed E-state index contributed by atoms with van der Waals surface area (Å²) in [5, 5.41) is 23.5. The molecule has 1 fully saturated rings. The minimum Gasteiger partial charge on any atom is -0.396 e. The van der Waals surface area contributed by atoms with Gasteiger partial charge in [0.2, 0.25) is 0 Å². The van der Waals surface area contributed by atoms with Crippen molar-refractivity contribution in [3.8, 4) is 5.69 Å². The Kier molecular flexibility index (Phi) is 4.43. The number of aliphatic hydroxyl groups excluding tert-OH is 1. The first-order valence-corrected chi connectivity index (χ1v) is 7.53. The van der Waals surface area contributed by atoms with E-state index in [1.165, 1.54) is 11.0 Å². The number of nitrogens with one attached hydrogen (secondary N) is 1. The predicted octanol–water partition coefficient (Wildman–Crippen LogP) is 0.943. The lowest BCUT2D eigenvalue weighted by molar-refractivity contribution is 0.0872. The van der Waals surface area contributed by atoms with Crippen LogP contribution in [-0.4, -0.2) is 43.9 Å². The molecule has 1 aliphatic carbocycles. The van der Waals surface area contributed by atoms with Crippen molar-refractivity contribution in [2.24, 2.45) is 5.92 Å². The van der Waals surface area contributed by atoms with Crippen LogP contribution < -0.4 is 5.32 Å². The van der Waals surface area contributed by atoms with Crippen molar-refractivity contribution in [1.82, 2.24) is 25.5 Å². The van der Waals surface area contributed by atoms with Gasteiger partial charge in [-0.15, -0.1) is 5.10 Å². The van der Waals surface area contributed by atoms with Crippen LogP contribution in [0.3, 0.4) is 0 Å². The van der Waals surface area contributed by atoms with Gasteiger partial charge in [-0.05, 0) is 41.5 Å². The van der Waals surface area contributed by atoms with Gasteiger partial charge >= 0.3 is 0 Å². The number of hydrogen-bond acceptors (Lipinski definition) is 5. The van der Waals surface area contributed by atoms with E-state index in [-0.39, 0.29) is 24.5 Å². The molecule has 7 heteroatoms. The van der Waals surface area contributed by atoms with Gasteiger partial charge in [-0.1, -0.05) is 18.9 Å². The molecular weight excluding hydrogens is 282 g/mol. The quantitative estimate of drug-likeness (QED) is 0.877. The molecule has 2 atom stereocenters. The normalized spacial score (nSPS) is 21.5. The van der Waals surface area contributed by atoms with E-state index in [1.807, 2.05) is 6.07 Å². The fraction of sp³-hybridized carbons (Fsp3) is 0.467. The number of tetrazole rings is 1. The smallest absolute Gasteiger partial charge is 0.251 e. The molecule has 0 aliphatic heterocycles. The zero-order valence-corrected chi connectivity index (χ0v) is 12.2. The highest BCUT2D eigenvalue weighted by atomic mass is 16.3. The van der Waals surface area contributed by atoms with Crippen molar-refractivity contribution < 1.29 is 9.90 Å². The molecule has 0 saturated heterocycles. The van der Waals surface area contributed by atoms with Crippen LogP contribution in [0.4, 0.5) is 0 Å². The van der Waals surface area contributed by atoms with E-state index in [0.717, 1.165) is 31.4 Å². The van der Waals surface area contributed by atoms with Gasteiger partial charge in [0.05, 0.1) is 5.69 Å². The molecule has 1 aromatic heterocycles. The Hall–Kier alpha value is -2.28. The first-order chi connectivity index (χ1) is 10.8. The van der Waals surface area contributed by atoms with Crippen LogP contribution in [0.2, 0.25) is 0 Å². The average molecular weight is 301 g/mol. The van der Waals surface area contributed by atoms with Gasteiger partial charge in [-0.25, -0.2) is 4.68 Å². The number of carbonyl (C=O) groups excluding carboxylic acids is 1. The largest absolute Gasteiger partial charge is 0.396 e. The molecule has 0 spiro atoms. The van der Waals surface area contributed by atoms with Crippen LogP contribution in [0.5, 0.6) is 0 Å². The molecule has 7 nitrogen and oxygen atoms in total. The third kappa shape index (κ3) is 3.14. The summed E-state index contributed by atoms with van der Waals surface area (Å²) < 4.78 is 1.51. The molecule has 2 aromatic rings. The molecule has 0 bridgehead atoms. The molecule has 1 saturated carbocycles. The summed E-state index contributed by atoms with van der Waals surface area (Å²) in [6.45, 7) is 0.121. The summed E-state index contributed by atoms with van der Waals surface area (Å²) in [5.41, 5.74) is 1.30. The summed E-state index contributed by atoms with van der Waals surface area (Å²) in [4.78, 5) is 12.4. The third-order valence-electron chi connectivity index (χ3n) is 4.18. The van der Waals surface area contributed by atoms with Crippen molar-refractivity contribution in [1.29, 1.82) is 0 Å². The standard InChI is InChI=1S/C15H19N5O2/c21-9-12-4-1-2-7-14(12)17-15(22)11-5-3-6-13(8-11)20-10-16-18-19-20/h3,5-6,8,10,12,14,21H,1-2,4,7,9H2,(H,17,22). The van der Waals surface area contributed by atoms with Crippen molar-refractivity contribution in [2.75, 3.05) is 6.61 Å². The summed E-state index contributed by atoms with van der Waals surface area (Å²) in [5.74, 6) is 0.0284. The number of nitrogens with zero attached hydrogens (tertiary/aromatic N) is 4. The average Bonchev–Trinajstić information content (AvgIpc) is 3.10. The Morgan fingerprint density at radius 1 is 1.36 bits per heavy atom. The maximum Gasteiger partial charge on any atom is 0.251 e. The lowest BCUT2D eigenvalue weighted by atomic mass is 9.85. The number of aliphatic hydroxyl groups is 1. The molecule has 2 N–H and O–H groups in total. The van der Waals surface area contributed by atoms with Gasteiger partial charge in [0.1, 0.15) is 6.33 Å². The van der Waals surface area contributed by atoms with E-state index in [9.17, 15) is 9.90 Å². The zero-order chi connectivity index (χ0) is 15.4. The Morgan fingerprint density at radius 3 is 3.00 bits per heavy atom. The Labute approximate surface area is 128 Å². The molecule has 1 aromatic carbocycles. The number of carbonyl (C=O) groups is 1. The second-order valence-electron chi connectivity index (χ2n) is 5.61.